The first-order valence-electron chi connectivity index (χ1n) is 6.10. The van der Waals surface area contributed by atoms with Crippen LogP contribution in [0, 0.1) is 0 Å². The maximum absolute atomic E-state index is 11.6. The molecule has 1 aliphatic rings. The summed E-state index contributed by atoms with van der Waals surface area (Å²) in [5, 5.41) is 10.1. The Bertz CT molecular complexity index is 369. The molecule has 1 fully saturated rings. The van der Waals surface area contributed by atoms with Gasteiger partial charge in [0.2, 0.25) is 5.91 Å². The van der Waals surface area contributed by atoms with Crippen molar-refractivity contribution in [2.75, 3.05) is 23.4 Å². The fourth-order valence-electron chi connectivity index (χ4n) is 1.78. The molecule has 0 radical (unpaired) electrons. The molecule has 1 aromatic heterocycles. The number of hydrogen-bond acceptors (Lipinski definition) is 5. The zero-order chi connectivity index (χ0) is 12.6. The number of carbonyl (C=O) groups is 1. The lowest BCUT2D eigenvalue weighted by molar-refractivity contribution is -0.113. The van der Waals surface area contributed by atoms with Crippen molar-refractivity contribution in [1.29, 1.82) is 0 Å². The third-order valence-corrected chi connectivity index (χ3v) is 3.75. The maximum Gasteiger partial charge on any atom is 0.234 e. The molecule has 1 aliphatic heterocycles. The molecule has 1 unspecified atom stereocenters. The molecule has 1 N–H and O–H groups in total. The molecule has 0 aliphatic carbocycles. The van der Waals surface area contributed by atoms with Crippen LogP contribution >= 0.6 is 11.8 Å². The number of nitrogens with one attached hydrogen (secondary N) is 1. The lowest BCUT2D eigenvalue weighted by Gasteiger charge is -2.21. The molecule has 0 bridgehead atoms. The zero-order valence-electron chi connectivity index (χ0n) is 10.2. The first-order chi connectivity index (χ1) is 8.84. The molecule has 5 nitrogen and oxygen atoms in total. The van der Waals surface area contributed by atoms with Gasteiger partial charge in [-0.3, -0.25) is 4.79 Å². The van der Waals surface area contributed by atoms with Crippen molar-refractivity contribution in [1.82, 2.24) is 10.2 Å². The van der Waals surface area contributed by atoms with E-state index in [1.807, 2.05) is 0 Å². The Kier molecular flexibility index (Phi) is 5.41. The van der Waals surface area contributed by atoms with Crippen LogP contribution in [0.25, 0.3) is 0 Å². The highest BCUT2D eigenvalue weighted by molar-refractivity contribution is 8.00. The molecule has 1 amide bonds. The molecule has 6 heteroatoms. The highest BCUT2D eigenvalue weighted by atomic mass is 32.2. The Morgan fingerprint density at radius 2 is 2.44 bits per heavy atom. The fraction of sp³-hybridized carbons (Fsp3) is 0.583. The van der Waals surface area contributed by atoms with E-state index in [9.17, 15) is 4.79 Å². The summed E-state index contributed by atoms with van der Waals surface area (Å²) >= 11 is 1.61. The number of ether oxygens (including phenoxy) is 1. The van der Waals surface area contributed by atoms with Gasteiger partial charge in [-0.1, -0.05) is 0 Å². The molecule has 1 atom stereocenters. The van der Waals surface area contributed by atoms with E-state index in [0.717, 1.165) is 25.2 Å². The van der Waals surface area contributed by atoms with Crippen LogP contribution in [0.4, 0.5) is 5.69 Å². The predicted molar refractivity (Wildman–Crippen MR) is 71.6 cm³/mol. The van der Waals surface area contributed by atoms with E-state index in [1.54, 1.807) is 24.0 Å². The van der Waals surface area contributed by atoms with Crippen molar-refractivity contribution < 1.29 is 9.53 Å². The number of nitrogens with zero attached hydrogens (tertiary/aromatic N) is 2. The number of amides is 1. The largest absolute Gasteiger partial charge is 0.377 e. The molecule has 2 rings (SSSR count). The van der Waals surface area contributed by atoms with Crippen LogP contribution in [0.5, 0.6) is 0 Å². The van der Waals surface area contributed by atoms with Gasteiger partial charge >= 0.3 is 0 Å². The number of carbonyl (C=O) groups excluding carboxylic acids is 1. The summed E-state index contributed by atoms with van der Waals surface area (Å²) in [6.45, 7) is 0.861. The summed E-state index contributed by atoms with van der Waals surface area (Å²) in [6.07, 6.45) is 6.92. The molecule has 98 valence electrons. The lowest BCUT2D eigenvalue weighted by Crippen LogP contribution is -2.23. The molecule has 0 aromatic carbocycles. The van der Waals surface area contributed by atoms with Crippen molar-refractivity contribution in [3.63, 3.8) is 0 Å². The highest BCUT2D eigenvalue weighted by Crippen LogP contribution is 2.17. The monoisotopic (exact) mass is 267 g/mol. The first kappa shape index (κ1) is 13.3. The highest BCUT2D eigenvalue weighted by Gasteiger charge is 2.14. The van der Waals surface area contributed by atoms with Gasteiger partial charge in [-0.2, -0.15) is 10.2 Å². The second kappa shape index (κ2) is 7.33. The Morgan fingerprint density at radius 3 is 3.17 bits per heavy atom. The summed E-state index contributed by atoms with van der Waals surface area (Å²) in [5.74, 6) is 1.33. The van der Waals surface area contributed by atoms with Gasteiger partial charge in [-0.25, -0.2) is 0 Å². The fourth-order valence-corrected chi connectivity index (χ4v) is 2.68. The van der Waals surface area contributed by atoms with Gasteiger partial charge in [0.1, 0.15) is 0 Å². The van der Waals surface area contributed by atoms with Gasteiger partial charge in [-0.05, 0) is 25.3 Å². The smallest absolute Gasteiger partial charge is 0.234 e. The normalized spacial score (nSPS) is 19.4. The summed E-state index contributed by atoms with van der Waals surface area (Å²) in [5.41, 5.74) is 0.685. The van der Waals surface area contributed by atoms with E-state index in [1.165, 1.54) is 12.6 Å². The van der Waals surface area contributed by atoms with Gasteiger partial charge in [0.15, 0.2) is 0 Å². The minimum atomic E-state index is -0.0104. The van der Waals surface area contributed by atoms with Crippen molar-refractivity contribution >= 4 is 23.4 Å². The van der Waals surface area contributed by atoms with Crippen LogP contribution < -0.4 is 5.32 Å². The number of hydrogen-bond donors (Lipinski definition) is 1. The van der Waals surface area contributed by atoms with E-state index < -0.39 is 0 Å². The van der Waals surface area contributed by atoms with Crippen molar-refractivity contribution in [3.05, 3.63) is 18.5 Å². The van der Waals surface area contributed by atoms with E-state index in [2.05, 4.69) is 15.5 Å². The van der Waals surface area contributed by atoms with Gasteiger partial charge in [0.25, 0.3) is 0 Å². The molecule has 0 spiro atoms. The number of anilines is 1. The van der Waals surface area contributed by atoms with Crippen LogP contribution in [-0.2, 0) is 9.53 Å². The average molecular weight is 267 g/mol. The quantitative estimate of drug-likeness (QED) is 0.880. The minimum absolute atomic E-state index is 0.0104. The Labute approximate surface area is 111 Å². The first-order valence-corrected chi connectivity index (χ1v) is 7.26. The second-order valence-corrected chi connectivity index (χ2v) is 5.21. The maximum atomic E-state index is 11.6. The summed E-state index contributed by atoms with van der Waals surface area (Å²) in [4.78, 5) is 11.6. The van der Waals surface area contributed by atoms with Crippen LogP contribution in [-0.4, -0.2) is 40.3 Å². The zero-order valence-corrected chi connectivity index (χ0v) is 11.0. The van der Waals surface area contributed by atoms with Gasteiger partial charge < -0.3 is 10.1 Å². The van der Waals surface area contributed by atoms with E-state index in [-0.39, 0.29) is 5.91 Å². The summed E-state index contributed by atoms with van der Waals surface area (Å²) < 4.78 is 5.61. The molecule has 1 aromatic rings. The number of aromatic nitrogens is 2. The van der Waals surface area contributed by atoms with Crippen LogP contribution in [0.2, 0.25) is 0 Å². The molecule has 0 saturated carbocycles. The standard InChI is InChI=1S/C12H17N3O2S/c16-12(15-10-4-5-13-14-7-10)9-18-8-11-3-1-2-6-17-11/h4-5,7,11H,1-3,6,8-9H2,(H,13,15,16). The van der Waals surface area contributed by atoms with Crippen LogP contribution in [0.1, 0.15) is 19.3 Å². The van der Waals surface area contributed by atoms with E-state index in [0.29, 0.717) is 17.5 Å². The van der Waals surface area contributed by atoms with Crippen molar-refractivity contribution in [2.24, 2.45) is 0 Å². The number of rotatable bonds is 5. The predicted octanol–water partition coefficient (Wildman–Crippen LogP) is 1.72. The Balaban J connectivity index is 1.62. The van der Waals surface area contributed by atoms with Crippen molar-refractivity contribution in [3.8, 4) is 0 Å². The summed E-state index contributed by atoms with van der Waals surface area (Å²) in [7, 11) is 0. The van der Waals surface area contributed by atoms with E-state index in [4.69, 9.17) is 4.74 Å². The topological polar surface area (TPSA) is 64.1 Å². The molecular weight excluding hydrogens is 250 g/mol. The van der Waals surface area contributed by atoms with Crippen LogP contribution in [0.3, 0.4) is 0 Å². The van der Waals surface area contributed by atoms with Gasteiger partial charge in [0.05, 0.1) is 29.9 Å². The van der Waals surface area contributed by atoms with Gasteiger partial charge in [0, 0.05) is 12.4 Å². The Morgan fingerprint density at radius 1 is 1.50 bits per heavy atom. The SMILES string of the molecule is O=C(CSCC1CCCCO1)Nc1ccnnc1. The summed E-state index contributed by atoms with van der Waals surface area (Å²) in [6, 6.07) is 1.72. The molecule has 18 heavy (non-hydrogen) atoms. The van der Waals surface area contributed by atoms with Crippen molar-refractivity contribution in [2.45, 2.75) is 25.4 Å². The van der Waals surface area contributed by atoms with E-state index >= 15 is 0 Å². The average Bonchev–Trinajstić information content (AvgIpc) is 2.41. The lowest BCUT2D eigenvalue weighted by atomic mass is 10.1. The molecular formula is C12H17N3O2S. The minimum Gasteiger partial charge on any atom is -0.377 e. The number of thioether (sulfide) groups is 1. The second-order valence-electron chi connectivity index (χ2n) is 4.18. The van der Waals surface area contributed by atoms with Crippen LogP contribution in [0.15, 0.2) is 18.5 Å². The third-order valence-electron chi connectivity index (χ3n) is 2.68. The molecule has 1 saturated heterocycles. The molecule has 2 heterocycles. The Hall–Kier alpha value is -1.14. The van der Waals surface area contributed by atoms with Gasteiger partial charge in [-0.15, -0.1) is 11.8 Å². The third kappa shape index (κ3) is 4.62.